The van der Waals surface area contributed by atoms with E-state index in [0.29, 0.717) is 28.0 Å². The van der Waals surface area contributed by atoms with Gasteiger partial charge in [-0.25, -0.2) is 4.98 Å². The minimum Gasteiger partial charge on any atom is -0.357 e. The van der Waals surface area contributed by atoms with E-state index in [0.717, 1.165) is 55.6 Å². The minimum absolute atomic E-state index is 0.0866. The van der Waals surface area contributed by atoms with Gasteiger partial charge in [-0.15, -0.1) is 11.3 Å². The summed E-state index contributed by atoms with van der Waals surface area (Å²) < 4.78 is 38.9. The molecule has 0 bridgehead atoms. The molecular weight excluding hydrogens is 477 g/mol. The topological polar surface area (TPSA) is 73.4 Å². The Balaban J connectivity index is 1.27. The molecule has 2 aliphatic heterocycles. The van der Waals surface area contributed by atoms with E-state index in [9.17, 15) is 18.0 Å². The van der Waals surface area contributed by atoms with Crippen LogP contribution in [0.4, 0.5) is 30.6 Å². The molecule has 2 atom stereocenters. The van der Waals surface area contributed by atoms with Gasteiger partial charge in [-0.3, -0.25) is 9.69 Å². The molecule has 2 aliphatic rings. The molecule has 11 heteroatoms. The number of thiophene rings is 1. The van der Waals surface area contributed by atoms with Gasteiger partial charge in [0.05, 0.1) is 11.8 Å². The van der Waals surface area contributed by atoms with Crippen molar-refractivity contribution in [2.24, 2.45) is 11.8 Å². The summed E-state index contributed by atoms with van der Waals surface area (Å²) in [5, 5.41) is 6.43. The average molecular weight is 505 g/mol. The summed E-state index contributed by atoms with van der Waals surface area (Å²) in [5.74, 6) is 2.01. The summed E-state index contributed by atoms with van der Waals surface area (Å²) in [7, 11) is 1.72. The van der Waals surface area contributed by atoms with Crippen LogP contribution in [0.1, 0.15) is 17.4 Å². The second-order valence-electron chi connectivity index (χ2n) is 9.34. The Bertz CT molecular complexity index is 1210. The number of halogens is 3. The monoisotopic (exact) mass is 504 g/mol. The highest BCUT2D eigenvalue weighted by Gasteiger charge is 2.41. The van der Waals surface area contributed by atoms with Crippen LogP contribution < -0.4 is 15.5 Å². The predicted molar refractivity (Wildman–Crippen MR) is 132 cm³/mol. The van der Waals surface area contributed by atoms with Crippen molar-refractivity contribution in [1.29, 1.82) is 0 Å². The Morgan fingerprint density at radius 3 is 2.40 bits per heavy atom. The van der Waals surface area contributed by atoms with Gasteiger partial charge < -0.3 is 15.5 Å². The number of anilines is 3. The van der Waals surface area contributed by atoms with Crippen LogP contribution in [0.3, 0.4) is 0 Å². The molecule has 5 rings (SSSR count). The lowest BCUT2D eigenvalue weighted by Gasteiger charge is -2.23. The SMILES string of the molecule is CNc1nc(N2CC3CN(Cc4ccc(NC(C)=O)cc4)CC3C2)c2cc(CC(F)(F)F)sc2n1. The van der Waals surface area contributed by atoms with Gasteiger partial charge in [0.1, 0.15) is 10.6 Å². The summed E-state index contributed by atoms with van der Waals surface area (Å²) in [6.45, 7) is 5.91. The highest BCUT2D eigenvalue weighted by Crippen LogP contribution is 2.39. The van der Waals surface area contributed by atoms with E-state index in [2.05, 4.69) is 30.4 Å². The van der Waals surface area contributed by atoms with Crippen LogP contribution in [0, 0.1) is 11.8 Å². The van der Waals surface area contributed by atoms with Crippen molar-refractivity contribution in [3.05, 3.63) is 40.8 Å². The third kappa shape index (κ3) is 5.35. The number of nitrogens with one attached hydrogen (secondary N) is 2. The number of aromatic nitrogens is 2. The maximum absolute atomic E-state index is 13.0. The Kier molecular flexibility index (Phi) is 6.30. The van der Waals surface area contributed by atoms with E-state index in [1.54, 1.807) is 13.1 Å². The molecule has 4 heterocycles. The summed E-state index contributed by atoms with van der Waals surface area (Å²) in [5.41, 5.74) is 1.99. The van der Waals surface area contributed by atoms with Crippen molar-refractivity contribution in [2.75, 3.05) is 48.8 Å². The number of benzene rings is 1. The molecule has 0 saturated carbocycles. The van der Waals surface area contributed by atoms with E-state index < -0.39 is 12.6 Å². The number of amides is 1. The quantitative estimate of drug-likeness (QED) is 0.520. The lowest BCUT2D eigenvalue weighted by Crippen LogP contribution is -2.29. The van der Waals surface area contributed by atoms with Crippen LogP contribution in [0.25, 0.3) is 10.2 Å². The molecule has 2 fully saturated rings. The Morgan fingerprint density at radius 1 is 1.11 bits per heavy atom. The fourth-order valence-corrected chi connectivity index (χ4v) is 6.19. The van der Waals surface area contributed by atoms with Crippen LogP contribution in [0.2, 0.25) is 0 Å². The molecule has 3 aromatic rings. The van der Waals surface area contributed by atoms with Crippen LogP contribution >= 0.6 is 11.3 Å². The van der Waals surface area contributed by atoms with E-state index in [1.807, 2.05) is 24.3 Å². The summed E-state index contributed by atoms with van der Waals surface area (Å²) in [6.07, 6.45) is -5.20. The lowest BCUT2D eigenvalue weighted by atomic mass is 10.0. The molecule has 1 amide bonds. The molecule has 186 valence electrons. The third-order valence-electron chi connectivity index (χ3n) is 6.56. The average Bonchev–Trinajstić information content (AvgIpc) is 3.45. The standard InChI is InChI=1S/C24H27F3N6OS/c1-14(34)29-18-5-3-15(4-6-18)9-32-10-16-12-33(13-17(16)11-32)21-20-7-19(8-24(25,26)27)35-22(20)31-23(28-2)30-21/h3-7,16-17H,8-13H2,1-2H3,(H,29,34)(H,28,30,31). The first kappa shape index (κ1) is 23.8. The smallest absolute Gasteiger partial charge is 0.357 e. The van der Waals surface area contributed by atoms with Gasteiger partial charge in [0, 0.05) is 57.3 Å². The fraction of sp³-hybridized carbons (Fsp3) is 0.458. The number of hydrogen-bond donors (Lipinski definition) is 2. The number of alkyl halides is 3. The number of rotatable bonds is 6. The van der Waals surface area contributed by atoms with Gasteiger partial charge in [0.25, 0.3) is 0 Å². The molecule has 2 aromatic heterocycles. The first-order chi connectivity index (χ1) is 16.7. The highest BCUT2D eigenvalue weighted by molar-refractivity contribution is 7.18. The van der Waals surface area contributed by atoms with E-state index >= 15 is 0 Å². The molecule has 1 aromatic carbocycles. The normalized spacial score (nSPS) is 20.4. The molecule has 0 spiro atoms. The van der Waals surface area contributed by atoms with Crippen LogP contribution in [0.15, 0.2) is 30.3 Å². The van der Waals surface area contributed by atoms with Gasteiger partial charge in [-0.2, -0.15) is 18.2 Å². The van der Waals surface area contributed by atoms with Crippen LogP contribution in [-0.4, -0.2) is 60.2 Å². The van der Waals surface area contributed by atoms with Crippen molar-refractivity contribution in [2.45, 2.75) is 26.1 Å². The molecule has 0 aliphatic carbocycles. The highest BCUT2D eigenvalue weighted by atomic mass is 32.1. The molecule has 2 unspecified atom stereocenters. The summed E-state index contributed by atoms with van der Waals surface area (Å²) >= 11 is 1.08. The predicted octanol–water partition coefficient (Wildman–Crippen LogP) is 4.36. The molecule has 35 heavy (non-hydrogen) atoms. The van der Waals surface area contributed by atoms with E-state index in [4.69, 9.17) is 0 Å². The number of carbonyl (C=O) groups is 1. The number of carbonyl (C=O) groups excluding carboxylic acids is 1. The largest absolute Gasteiger partial charge is 0.393 e. The van der Waals surface area contributed by atoms with Crippen molar-refractivity contribution < 1.29 is 18.0 Å². The summed E-state index contributed by atoms with van der Waals surface area (Å²) in [6, 6.07) is 9.52. The maximum atomic E-state index is 13.0. The van der Waals surface area contributed by atoms with E-state index in [-0.39, 0.29) is 10.8 Å². The second kappa shape index (κ2) is 9.27. The molecule has 2 N–H and O–H groups in total. The molecule has 7 nitrogen and oxygen atoms in total. The lowest BCUT2D eigenvalue weighted by molar-refractivity contribution is -0.126. The first-order valence-electron chi connectivity index (χ1n) is 11.6. The van der Waals surface area contributed by atoms with E-state index in [1.165, 1.54) is 12.5 Å². The van der Waals surface area contributed by atoms with Crippen molar-refractivity contribution in [1.82, 2.24) is 14.9 Å². The van der Waals surface area contributed by atoms with Crippen molar-refractivity contribution in [3.8, 4) is 0 Å². The van der Waals surface area contributed by atoms with Crippen molar-refractivity contribution in [3.63, 3.8) is 0 Å². The van der Waals surface area contributed by atoms with Crippen LogP contribution in [0.5, 0.6) is 0 Å². The van der Waals surface area contributed by atoms with Gasteiger partial charge in [0.2, 0.25) is 11.9 Å². The van der Waals surface area contributed by atoms with Crippen molar-refractivity contribution >= 4 is 44.9 Å². The minimum atomic E-state index is -4.25. The fourth-order valence-electron chi connectivity index (χ4n) is 5.14. The molecular formula is C24H27F3N6OS. The first-order valence-corrected chi connectivity index (χ1v) is 12.4. The zero-order chi connectivity index (χ0) is 24.7. The molecule has 2 saturated heterocycles. The van der Waals surface area contributed by atoms with Gasteiger partial charge in [-0.1, -0.05) is 12.1 Å². The number of likely N-dealkylation sites (tertiary alicyclic amines) is 1. The Hall–Kier alpha value is -2.92. The number of fused-ring (bicyclic) bond motifs is 2. The van der Waals surface area contributed by atoms with Gasteiger partial charge >= 0.3 is 6.18 Å². The third-order valence-corrected chi connectivity index (χ3v) is 7.59. The number of nitrogens with zero attached hydrogens (tertiary/aromatic N) is 4. The van der Waals surface area contributed by atoms with Gasteiger partial charge in [-0.05, 0) is 35.6 Å². The second-order valence-corrected chi connectivity index (χ2v) is 10.5. The Morgan fingerprint density at radius 2 is 1.80 bits per heavy atom. The van der Waals surface area contributed by atoms with Crippen LogP contribution in [-0.2, 0) is 17.8 Å². The molecule has 0 radical (unpaired) electrons. The zero-order valence-corrected chi connectivity index (χ0v) is 20.3. The Labute approximate surface area is 205 Å². The van der Waals surface area contributed by atoms with Gasteiger partial charge in [0.15, 0.2) is 0 Å². The summed E-state index contributed by atoms with van der Waals surface area (Å²) in [4.78, 5) is 25.7. The maximum Gasteiger partial charge on any atom is 0.393 e. The number of hydrogen-bond acceptors (Lipinski definition) is 7. The zero-order valence-electron chi connectivity index (χ0n) is 19.5.